The number of rotatable bonds is 5. The smallest absolute Gasteiger partial charge is 0.257 e. The predicted octanol–water partition coefficient (Wildman–Crippen LogP) is 4.18. The Balaban J connectivity index is 1.75. The zero-order valence-electron chi connectivity index (χ0n) is 16.8. The van der Waals surface area contributed by atoms with Gasteiger partial charge >= 0.3 is 0 Å². The molecule has 0 saturated heterocycles. The molecule has 0 unspecified atom stereocenters. The topological polar surface area (TPSA) is 78.3 Å². The van der Waals surface area contributed by atoms with Gasteiger partial charge in [0.2, 0.25) is 0 Å². The SMILES string of the molecule is CCn1nc(NC(=O)c2ccc(OC)c(OC)c2)c2cc3ccc(C)cc3nc21. The van der Waals surface area contributed by atoms with Crippen LogP contribution in [0.2, 0.25) is 0 Å². The van der Waals surface area contributed by atoms with Crippen molar-refractivity contribution in [2.45, 2.75) is 20.4 Å². The van der Waals surface area contributed by atoms with Crippen molar-refractivity contribution >= 4 is 33.7 Å². The van der Waals surface area contributed by atoms with E-state index < -0.39 is 0 Å². The number of fused-ring (bicyclic) bond motifs is 2. The van der Waals surface area contributed by atoms with Crippen molar-refractivity contribution < 1.29 is 14.3 Å². The molecule has 0 bridgehead atoms. The van der Waals surface area contributed by atoms with E-state index in [1.807, 2.05) is 38.1 Å². The Morgan fingerprint density at radius 2 is 1.86 bits per heavy atom. The summed E-state index contributed by atoms with van der Waals surface area (Å²) in [6.07, 6.45) is 0. The summed E-state index contributed by atoms with van der Waals surface area (Å²) in [4.78, 5) is 17.6. The van der Waals surface area contributed by atoms with E-state index in [0.717, 1.165) is 27.5 Å². The van der Waals surface area contributed by atoms with Gasteiger partial charge in [-0.1, -0.05) is 12.1 Å². The minimum Gasteiger partial charge on any atom is -0.493 e. The van der Waals surface area contributed by atoms with Crippen molar-refractivity contribution in [2.75, 3.05) is 19.5 Å². The number of methoxy groups -OCH3 is 2. The molecular weight excluding hydrogens is 368 g/mol. The van der Waals surface area contributed by atoms with Crippen LogP contribution in [0.5, 0.6) is 11.5 Å². The third-order valence-electron chi connectivity index (χ3n) is 4.85. The summed E-state index contributed by atoms with van der Waals surface area (Å²) in [5.74, 6) is 1.26. The summed E-state index contributed by atoms with van der Waals surface area (Å²) in [6, 6.07) is 13.2. The van der Waals surface area contributed by atoms with Crippen molar-refractivity contribution in [3.63, 3.8) is 0 Å². The first-order chi connectivity index (χ1) is 14.0. The first-order valence-electron chi connectivity index (χ1n) is 9.35. The number of anilines is 1. The number of nitrogens with one attached hydrogen (secondary N) is 1. The lowest BCUT2D eigenvalue weighted by molar-refractivity contribution is 0.102. The lowest BCUT2D eigenvalue weighted by atomic mass is 10.1. The molecule has 4 aromatic rings. The summed E-state index contributed by atoms with van der Waals surface area (Å²) in [5.41, 5.74) is 3.25. The van der Waals surface area contributed by atoms with E-state index in [0.29, 0.717) is 29.4 Å². The normalized spacial score (nSPS) is 11.0. The molecule has 2 heterocycles. The second-order valence-corrected chi connectivity index (χ2v) is 6.74. The summed E-state index contributed by atoms with van der Waals surface area (Å²) in [5, 5.41) is 9.28. The van der Waals surface area contributed by atoms with Crippen LogP contribution in [0.3, 0.4) is 0 Å². The van der Waals surface area contributed by atoms with Gasteiger partial charge in [-0.2, -0.15) is 5.10 Å². The van der Waals surface area contributed by atoms with Crippen LogP contribution in [0.4, 0.5) is 5.82 Å². The number of aryl methyl sites for hydroxylation is 2. The van der Waals surface area contributed by atoms with Crippen LogP contribution >= 0.6 is 0 Å². The van der Waals surface area contributed by atoms with Crippen LogP contribution < -0.4 is 14.8 Å². The van der Waals surface area contributed by atoms with Gasteiger partial charge in [0, 0.05) is 17.5 Å². The van der Waals surface area contributed by atoms with Gasteiger partial charge in [-0.25, -0.2) is 9.67 Å². The molecule has 0 spiro atoms. The number of pyridine rings is 1. The standard InChI is InChI=1S/C22H22N4O3/c1-5-26-21-16(11-14-7-6-13(2)10-17(14)23-21)20(25-26)24-22(27)15-8-9-18(28-3)19(12-15)29-4/h6-12H,5H2,1-4H3,(H,24,25,27). The highest BCUT2D eigenvalue weighted by molar-refractivity contribution is 6.09. The third kappa shape index (κ3) is 3.35. The van der Waals surface area contributed by atoms with E-state index in [4.69, 9.17) is 14.5 Å². The van der Waals surface area contributed by atoms with Crippen LogP contribution in [-0.2, 0) is 6.54 Å². The quantitative estimate of drug-likeness (QED) is 0.553. The lowest BCUT2D eigenvalue weighted by Crippen LogP contribution is -2.13. The Labute approximate surface area is 168 Å². The molecule has 29 heavy (non-hydrogen) atoms. The zero-order valence-corrected chi connectivity index (χ0v) is 16.8. The van der Waals surface area contributed by atoms with Crippen LogP contribution in [0, 0.1) is 6.92 Å². The highest BCUT2D eigenvalue weighted by Crippen LogP contribution is 2.29. The van der Waals surface area contributed by atoms with Crippen LogP contribution in [-0.4, -0.2) is 34.9 Å². The number of ether oxygens (including phenoxy) is 2. The summed E-state index contributed by atoms with van der Waals surface area (Å²) in [6.45, 7) is 4.68. The van der Waals surface area contributed by atoms with Gasteiger partial charge in [-0.15, -0.1) is 0 Å². The maximum Gasteiger partial charge on any atom is 0.257 e. The lowest BCUT2D eigenvalue weighted by Gasteiger charge is -2.09. The molecule has 0 aliphatic rings. The van der Waals surface area contributed by atoms with Gasteiger partial charge in [-0.3, -0.25) is 4.79 Å². The van der Waals surface area contributed by atoms with Crippen LogP contribution in [0.1, 0.15) is 22.8 Å². The fourth-order valence-corrected chi connectivity index (χ4v) is 3.33. The molecule has 0 saturated carbocycles. The molecule has 7 nitrogen and oxygen atoms in total. The second-order valence-electron chi connectivity index (χ2n) is 6.74. The monoisotopic (exact) mass is 390 g/mol. The molecule has 4 rings (SSSR count). The highest BCUT2D eigenvalue weighted by Gasteiger charge is 2.17. The molecule has 0 atom stereocenters. The number of hydrogen-bond donors (Lipinski definition) is 1. The molecule has 0 fully saturated rings. The number of benzene rings is 2. The zero-order chi connectivity index (χ0) is 20.5. The molecule has 0 radical (unpaired) electrons. The molecule has 2 aromatic heterocycles. The van der Waals surface area contributed by atoms with E-state index in [-0.39, 0.29) is 5.91 Å². The number of carbonyl (C=O) groups is 1. The predicted molar refractivity (Wildman–Crippen MR) is 113 cm³/mol. The van der Waals surface area contributed by atoms with Crippen molar-refractivity contribution in [3.05, 3.63) is 53.6 Å². The van der Waals surface area contributed by atoms with Gasteiger partial charge in [0.1, 0.15) is 0 Å². The molecular formula is C22H22N4O3. The van der Waals surface area contributed by atoms with E-state index in [9.17, 15) is 4.79 Å². The van der Waals surface area contributed by atoms with Gasteiger partial charge < -0.3 is 14.8 Å². The van der Waals surface area contributed by atoms with Crippen molar-refractivity contribution in [3.8, 4) is 11.5 Å². The maximum absolute atomic E-state index is 12.9. The molecule has 2 aromatic carbocycles. The molecule has 7 heteroatoms. The number of nitrogens with zero attached hydrogens (tertiary/aromatic N) is 3. The largest absolute Gasteiger partial charge is 0.493 e. The molecule has 148 valence electrons. The average molecular weight is 390 g/mol. The fraction of sp³-hybridized carbons (Fsp3) is 0.227. The van der Waals surface area contributed by atoms with Crippen LogP contribution in [0.15, 0.2) is 42.5 Å². The van der Waals surface area contributed by atoms with Gasteiger partial charge in [0.05, 0.1) is 25.1 Å². The number of hydrogen-bond acceptors (Lipinski definition) is 5. The molecule has 0 aliphatic heterocycles. The first kappa shape index (κ1) is 18.7. The van der Waals surface area contributed by atoms with E-state index in [2.05, 4.69) is 10.4 Å². The molecule has 1 amide bonds. The minimum atomic E-state index is -0.280. The van der Waals surface area contributed by atoms with Gasteiger partial charge in [-0.05, 0) is 49.7 Å². The summed E-state index contributed by atoms with van der Waals surface area (Å²) >= 11 is 0. The fourth-order valence-electron chi connectivity index (χ4n) is 3.33. The highest BCUT2D eigenvalue weighted by atomic mass is 16.5. The second kappa shape index (κ2) is 7.43. The maximum atomic E-state index is 12.9. The van der Waals surface area contributed by atoms with E-state index in [1.54, 1.807) is 30.0 Å². The Hall–Kier alpha value is -3.61. The first-order valence-corrected chi connectivity index (χ1v) is 9.35. The Morgan fingerprint density at radius 1 is 1.07 bits per heavy atom. The van der Waals surface area contributed by atoms with Crippen molar-refractivity contribution in [2.24, 2.45) is 0 Å². The Bertz CT molecular complexity index is 1230. The van der Waals surface area contributed by atoms with E-state index >= 15 is 0 Å². The average Bonchev–Trinajstić information content (AvgIpc) is 3.07. The number of carbonyl (C=O) groups excluding carboxylic acids is 1. The molecule has 0 aliphatic carbocycles. The number of amides is 1. The van der Waals surface area contributed by atoms with Crippen LogP contribution in [0.25, 0.3) is 21.9 Å². The Morgan fingerprint density at radius 3 is 2.59 bits per heavy atom. The van der Waals surface area contributed by atoms with Gasteiger partial charge in [0.25, 0.3) is 5.91 Å². The minimum absolute atomic E-state index is 0.280. The third-order valence-corrected chi connectivity index (χ3v) is 4.85. The number of aromatic nitrogens is 3. The van der Waals surface area contributed by atoms with E-state index in [1.165, 1.54) is 7.11 Å². The van der Waals surface area contributed by atoms with Gasteiger partial charge in [0.15, 0.2) is 23.0 Å². The van der Waals surface area contributed by atoms with Crippen molar-refractivity contribution in [1.82, 2.24) is 14.8 Å². The van der Waals surface area contributed by atoms with Crippen molar-refractivity contribution in [1.29, 1.82) is 0 Å². The summed E-state index contributed by atoms with van der Waals surface area (Å²) < 4.78 is 12.3. The Kier molecular flexibility index (Phi) is 4.80. The molecule has 1 N–H and O–H groups in total. The summed E-state index contributed by atoms with van der Waals surface area (Å²) in [7, 11) is 3.09.